The molecule has 0 spiro atoms. The Kier molecular flexibility index (Phi) is 5.60. The van der Waals surface area contributed by atoms with Crippen molar-refractivity contribution in [3.05, 3.63) is 0 Å². The van der Waals surface area contributed by atoms with Crippen molar-refractivity contribution >= 4 is 5.91 Å². The molecule has 2 unspecified atom stereocenters. The molecule has 3 nitrogen and oxygen atoms in total. The van der Waals surface area contributed by atoms with Gasteiger partial charge in [-0.1, -0.05) is 0 Å². The lowest BCUT2D eigenvalue weighted by molar-refractivity contribution is -0.123. The summed E-state index contributed by atoms with van der Waals surface area (Å²) < 4.78 is 24.2. The molecule has 0 aliphatic carbocycles. The van der Waals surface area contributed by atoms with E-state index in [0.29, 0.717) is 0 Å². The quantitative estimate of drug-likeness (QED) is 0.711. The Bertz CT molecular complexity index is 186. The lowest BCUT2D eigenvalue weighted by atomic mass is 10.2. The van der Waals surface area contributed by atoms with Gasteiger partial charge in [0.15, 0.2) is 0 Å². The highest BCUT2D eigenvalue weighted by Gasteiger charge is 2.20. The van der Waals surface area contributed by atoms with Crippen LogP contribution < -0.4 is 10.6 Å². The Morgan fingerprint density at radius 3 is 2.00 bits per heavy atom. The molecule has 5 heteroatoms. The Labute approximate surface area is 83.3 Å². The number of amides is 1. The minimum Gasteiger partial charge on any atom is -0.353 e. The summed E-state index contributed by atoms with van der Waals surface area (Å²) in [6.45, 7) is 6.56. The van der Waals surface area contributed by atoms with Crippen LogP contribution in [0.5, 0.6) is 0 Å². The van der Waals surface area contributed by atoms with Gasteiger partial charge in [-0.05, 0) is 27.7 Å². The van der Waals surface area contributed by atoms with Crippen molar-refractivity contribution in [2.45, 2.75) is 52.2 Å². The van der Waals surface area contributed by atoms with Gasteiger partial charge in [0.1, 0.15) is 0 Å². The number of carbonyl (C=O) groups is 1. The zero-order chi connectivity index (χ0) is 11.3. The Morgan fingerprint density at radius 2 is 1.64 bits per heavy atom. The SMILES string of the molecule is CC(C)NC(=O)C(C)NC(C)C(F)F. The first kappa shape index (κ1) is 13.3. The van der Waals surface area contributed by atoms with Crippen LogP contribution in [-0.2, 0) is 4.79 Å². The molecule has 14 heavy (non-hydrogen) atoms. The Hall–Kier alpha value is -0.710. The molecule has 0 aliphatic rings. The summed E-state index contributed by atoms with van der Waals surface area (Å²) in [7, 11) is 0. The van der Waals surface area contributed by atoms with E-state index in [9.17, 15) is 13.6 Å². The van der Waals surface area contributed by atoms with Gasteiger partial charge in [0.05, 0.1) is 12.1 Å². The van der Waals surface area contributed by atoms with E-state index in [1.165, 1.54) is 6.92 Å². The second-order valence-electron chi connectivity index (χ2n) is 3.67. The topological polar surface area (TPSA) is 41.1 Å². The average Bonchev–Trinajstić information content (AvgIpc) is 2.02. The molecule has 0 bridgehead atoms. The number of carbonyl (C=O) groups excluding carboxylic acids is 1. The van der Waals surface area contributed by atoms with Gasteiger partial charge >= 0.3 is 0 Å². The smallest absolute Gasteiger partial charge is 0.253 e. The fourth-order valence-corrected chi connectivity index (χ4v) is 0.952. The van der Waals surface area contributed by atoms with Crippen molar-refractivity contribution in [3.8, 4) is 0 Å². The van der Waals surface area contributed by atoms with Crippen molar-refractivity contribution < 1.29 is 13.6 Å². The largest absolute Gasteiger partial charge is 0.353 e. The summed E-state index contributed by atoms with van der Waals surface area (Å²) in [5, 5.41) is 5.16. The highest BCUT2D eigenvalue weighted by molar-refractivity contribution is 5.81. The fraction of sp³-hybridized carbons (Fsp3) is 0.889. The molecule has 2 atom stereocenters. The van der Waals surface area contributed by atoms with Gasteiger partial charge in [-0.3, -0.25) is 10.1 Å². The van der Waals surface area contributed by atoms with E-state index in [-0.39, 0.29) is 11.9 Å². The minimum absolute atomic E-state index is 0.0219. The number of hydrogen-bond donors (Lipinski definition) is 2. The van der Waals surface area contributed by atoms with Crippen LogP contribution in [0.4, 0.5) is 8.78 Å². The van der Waals surface area contributed by atoms with Crippen molar-refractivity contribution in [2.75, 3.05) is 0 Å². The second-order valence-corrected chi connectivity index (χ2v) is 3.67. The van der Waals surface area contributed by atoms with Crippen molar-refractivity contribution in [2.24, 2.45) is 0 Å². The van der Waals surface area contributed by atoms with E-state index in [2.05, 4.69) is 10.6 Å². The molecule has 0 heterocycles. The molecule has 2 N–H and O–H groups in total. The third kappa shape index (κ3) is 5.11. The van der Waals surface area contributed by atoms with Crippen LogP contribution >= 0.6 is 0 Å². The molecule has 0 fully saturated rings. The fourth-order valence-electron chi connectivity index (χ4n) is 0.952. The predicted octanol–water partition coefficient (Wildman–Crippen LogP) is 1.14. The van der Waals surface area contributed by atoms with E-state index in [4.69, 9.17) is 0 Å². The summed E-state index contributed by atoms with van der Waals surface area (Å²) in [6.07, 6.45) is -2.45. The highest BCUT2D eigenvalue weighted by atomic mass is 19.3. The maximum absolute atomic E-state index is 12.1. The maximum atomic E-state index is 12.1. The summed E-state index contributed by atoms with van der Waals surface area (Å²) >= 11 is 0. The van der Waals surface area contributed by atoms with E-state index in [1.807, 2.05) is 13.8 Å². The van der Waals surface area contributed by atoms with Gasteiger partial charge < -0.3 is 5.32 Å². The van der Waals surface area contributed by atoms with Gasteiger partial charge in [0, 0.05) is 6.04 Å². The van der Waals surface area contributed by atoms with Crippen LogP contribution in [0, 0.1) is 0 Å². The molecule has 0 aromatic heterocycles. The number of alkyl halides is 2. The molecule has 0 aliphatic heterocycles. The lowest BCUT2D eigenvalue weighted by Crippen LogP contribution is -2.49. The molecule has 0 saturated carbocycles. The predicted molar refractivity (Wildman–Crippen MR) is 51.3 cm³/mol. The van der Waals surface area contributed by atoms with Crippen LogP contribution in [0.25, 0.3) is 0 Å². The summed E-state index contributed by atoms with van der Waals surface area (Å²) in [4.78, 5) is 11.3. The number of nitrogens with one attached hydrogen (secondary N) is 2. The molecular weight excluding hydrogens is 190 g/mol. The summed E-state index contributed by atoms with van der Waals surface area (Å²) in [6, 6.07) is -1.54. The second kappa shape index (κ2) is 5.90. The standard InChI is InChI=1S/C9H18F2N2O/c1-5(2)12-9(14)7(4)13-6(3)8(10)11/h5-8,13H,1-4H3,(H,12,14). The minimum atomic E-state index is -2.45. The van der Waals surface area contributed by atoms with E-state index >= 15 is 0 Å². The first-order chi connectivity index (χ1) is 6.34. The third-order valence-electron chi connectivity index (χ3n) is 1.72. The zero-order valence-corrected chi connectivity index (χ0v) is 8.97. The average molecular weight is 208 g/mol. The lowest BCUT2D eigenvalue weighted by Gasteiger charge is -2.19. The Balaban J connectivity index is 3.95. The van der Waals surface area contributed by atoms with E-state index < -0.39 is 18.5 Å². The molecule has 1 amide bonds. The third-order valence-corrected chi connectivity index (χ3v) is 1.72. The Morgan fingerprint density at radius 1 is 1.14 bits per heavy atom. The van der Waals surface area contributed by atoms with Crippen LogP contribution in [0.2, 0.25) is 0 Å². The highest BCUT2D eigenvalue weighted by Crippen LogP contribution is 2.00. The van der Waals surface area contributed by atoms with E-state index in [1.54, 1.807) is 6.92 Å². The number of rotatable bonds is 5. The number of hydrogen-bond acceptors (Lipinski definition) is 2. The summed E-state index contributed by atoms with van der Waals surface area (Å²) in [5.74, 6) is -0.257. The van der Waals surface area contributed by atoms with Crippen molar-refractivity contribution in [1.82, 2.24) is 10.6 Å². The normalized spacial score (nSPS) is 15.7. The van der Waals surface area contributed by atoms with Gasteiger partial charge in [-0.25, -0.2) is 8.78 Å². The summed E-state index contributed by atoms with van der Waals surface area (Å²) in [5.41, 5.74) is 0. The van der Waals surface area contributed by atoms with Gasteiger partial charge in [0.25, 0.3) is 6.43 Å². The van der Waals surface area contributed by atoms with E-state index in [0.717, 1.165) is 0 Å². The molecule has 0 radical (unpaired) electrons. The van der Waals surface area contributed by atoms with Crippen LogP contribution in [0.3, 0.4) is 0 Å². The maximum Gasteiger partial charge on any atom is 0.253 e. The molecule has 0 aromatic rings. The molecular formula is C9H18F2N2O. The van der Waals surface area contributed by atoms with Gasteiger partial charge in [-0.15, -0.1) is 0 Å². The van der Waals surface area contributed by atoms with Crippen LogP contribution in [-0.4, -0.2) is 30.5 Å². The molecule has 0 saturated heterocycles. The molecule has 0 aromatic carbocycles. The van der Waals surface area contributed by atoms with Crippen LogP contribution in [0.15, 0.2) is 0 Å². The first-order valence-electron chi connectivity index (χ1n) is 4.69. The van der Waals surface area contributed by atoms with Crippen molar-refractivity contribution in [1.29, 1.82) is 0 Å². The molecule has 84 valence electrons. The molecule has 0 rings (SSSR count). The monoisotopic (exact) mass is 208 g/mol. The van der Waals surface area contributed by atoms with Gasteiger partial charge in [-0.2, -0.15) is 0 Å². The van der Waals surface area contributed by atoms with Gasteiger partial charge in [0.2, 0.25) is 5.91 Å². The van der Waals surface area contributed by atoms with Crippen molar-refractivity contribution in [3.63, 3.8) is 0 Å². The van der Waals surface area contributed by atoms with Crippen LogP contribution in [0.1, 0.15) is 27.7 Å². The zero-order valence-electron chi connectivity index (χ0n) is 8.97. The number of halogens is 2. The first-order valence-corrected chi connectivity index (χ1v) is 4.69.